The molecule has 0 heterocycles. The predicted molar refractivity (Wildman–Crippen MR) is 252 cm³/mol. The van der Waals surface area contributed by atoms with Gasteiger partial charge in [0.1, 0.15) is 12.2 Å². The molecule has 58 heavy (non-hydrogen) atoms. The molecule has 338 valence electrons. The third kappa shape index (κ3) is 32.0. The van der Waals surface area contributed by atoms with Crippen molar-refractivity contribution in [1.82, 2.24) is 0 Å². The molecule has 0 aliphatic heterocycles. The highest BCUT2D eigenvalue weighted by Crippen LogP contribution is 2.23. The monoisotopic (exact) mass is 811 g/mol. The van der Waals surface area contributed by atoms with E-state index in [1.807, 2.05) is 12.1 Å². The van der Waals surface area contributed by atoms with Crippen LogP contribution in [0, 0.1) is 0 Å². The molecule has 2 unspecified atom stereocenters. The van der Waals surface area contributed by atoms with Gasteiger partial charge in [-0.25, -0.2) is 9.59 Å². The summed E-state index contributed by atoms with van der Waals surface area (Å²) in [4.78, 5) is 27.7. The van der Waals surface area contributed by atoms with Gasteiger partial charge in [-0.1, -0.05) is 245 Å². The molecule has 1 rings (SSSR count). The van der Waals surface area contributed by atoms with Gasteiger partial charge in [0.15, 0.2) is 0 Å². The average Bonchev–Trinajstić information content (AvgIpc) is 3.23. The maximum absolute atomic E-state index is 13.9. The van der Waals surface area contributed by atoms with Crippen molar-refractivity contribution in [3.8, 4) is 0 Å². The lowest BCUT2D eigenvalue weighted by molar-refractivity contribution is 0.0201. The molecule has 1 aromatic rings. The Balaban J connectivity index is 2.80. The second-order valence-electron chi connectivity index (χ2n) is 18.1. The van der Waals surface area contributed by atoms with Gasteiger partial charge in [-0.15, -0.1) is 0 Å². The van der Waals surface area contributed by atoms with Crippen LogP contribution in [-0.4, -0.2) is 24.1 Å². The van der Waals surface area contributed by atoms with Crippen molar-refractivity contribution in [2.24, 2.45) is 0 Å². The van der Waals surface area contributed by atoms with Gasteiger partial charge in [0, 0.05) is 0 Å². The Morgan fingerprint density at radius 2 is 0.517 bits per heavy atom. The standard InChI is InChI=1S/C54H98O4/c1-5-9-13-17-21-25-27-31-35-39-45-49(43-37-33-29-23-19-15-11-7-3)57-53(55)51-47-41-42-48-52(51)54(56)58-50(44-38-34-30-24-20-16-12-8-4)46-40-36-32-28-26-22-18-14-10-6-2/h41-42,47-50H,5-40,43-46H2,1-4H3. The van der Waals surface area contributed by atoms with E-state index in [9.17, 15) is 9.59 Å². The molecule has 0 saturated carbocycles. The first kappa shape index (κ1) is 54.2. The van der Waals surface area contributed by atoms with E-state index < -0.39 is 0 Å². The van der Waals surface area contributed by atoms with E-state index in [1.165, 1.54) is 205 Å². The molecule has 0 N–H and O–H groups in total. The van der Waals surface area contributed by atoms with Crippen molar-refractivity contribution in [3.05, 3.63) is 35.4 Å². The summed E-state index contributed by atoms with van der Waals surface area (Å²) in [7, 11) is 0. The van der Waals surface area contributed by atoms with Crippen LogP contribution in [0.5, 0.6) is 0 Å². The van der Waals surface area contributed by atoms with E-state index in [0.29, 0.717) is 11.1 Å². The Bertz CT molecular complexity index is 955. The van der Waals surface area contributed by atoms with Crippen LogP contribution in [0.4, 0.5) is 0 Å². The zero-order chi connectivity index (χ0) is 42.0. The number of carbonyl (C=O) groups is 2. The molecule has 0 bridgehead atoms. The Labute approximate surface area is 361 Å². The number of hydrogen-bond donors (Lipinski definition) is 0. The van der Waals surface area contributed by atoms with Gasteiger partial charge in [0.25, 0.3) is 0 Å². The summed E-state index contributed by atoms with van der Waals surface area (Å²) < 4.78 is 12.6. The third-order valence-electron chi connectivity index (χ3n) is 12.4. The van der Waals surface area contributed by atoms with E-state index in [0.717, 1.165) is 51.4 Å². The fraction of sp³-hybridized carbons (Fsp3) is 0.852. The third-order valence-corrected chi connectivity index (χ3v) is 12.4. The minimum Gasteiger partial charge on any atom is -0.459 e. The molecule has 4 nitrogen and oxygen atoms in total. The summed E-state index contributed by atoms with van der Waals surface area (Å²) in [5.41, 5.74) is 0.725. The number of carbonyl (C=O) groups excluding carboxylic acids is 2. The Morgan fingerprint density at radius 1 is 0.328 bits per heavy atom. The van der Waals surface area contributed by atoms with Crippen LogP contribution < -0.4 is 0 Å². The van der Waals surface area contributed by atoms with Crippen LogP contribution in [-0.2, 0) is 9.47 Å². The largest absolute Gasteiger partial charge is 0.459 e. The van der Waals surface area contributed by atoms with Crippen molar-refractivity contribution >= 4 is 11.9 Å². The Morgan fingerprint density at radius 3 is 0.724 bits per heavy atom. The fourth-order valence-electron chi connectivity index (χ4n) is 8.52. The summed E-state index contributed by atoms with van der Waals surface area (Å²) in [6.07, 6.45) is 49.7. The fourth-order valence-corrected chi connectivity index (χ4v) is 8.52. The zero-order valence-corrected chi connectivity index (χ0v) is 39.4. The van der Waals surface area contributed by atoms with Crippen LogP contribution in [0.25, 0.3) is 0 Å². The number of rotatable bonds is 44. The molecule has 0 spiro atoms. The lowest BCUT2D eigenvalue weighted by Gasteiger charge is -2.21. The van der Waals surface area contributed by atoms with Crippen LogP contribution in [0.3, 0.4) is 0 Å². The molecular formula is C54H98O4. The van der Waals surface area contributed by atoms with Gasteiger partial charge >= 0.3 is 11.9 Å². The molecule has 1 aromatic carbocycles. The summed E-state index contributed by atoms with van der Waals surface area (Å²) >= 11 is 0. The summed E-state index contributed by atoms with van der Waals surface area (Å²) in [5, 5.41) is 0. The van der Waals surface area contributed by atoms with Gasteiger partial charge in [0.05, 0.1) is 11.1 Å². The van der Waals surface area contributed by atoms with E-state index in [2.05, 4.69) is 27.7 Å². The molecular weight excluding hydrogens is 713 g/mol. The maximum Gasteiger partial charge on any atom is 0.339 e. The van der Waals surface area contributed by atoms with E-state index in [1.54, 1.807) is 12.1 Å². The first-order valence-electron chi connectivity index (χ1n) is 26.1. The number of unbranched alkanes of at least 4 members (excludes halogenated alkanes) is 32. The Kier molecular flexibility index (Phi) is 39.1. The molecule has 0 radical (unpaired) electrons. The molecule has 0 amide bonds. The van der Waals surface area contributed by atoms with Gasteiger partial charge in [-0.05, 0) is 63.5 Å². The molecule has 0 aromatic heterocycles. The summed E-state index contributed by atoms with van der Waals surface area (Å²) in [6.45, 7) is 9.10. The van der Waals surface area contributed by atoms with E-state index >= 15 is 0 Å². The highest BCUT2D eigenvalue weighted by molar-refractivity contribution is 6.03. The molecule has 4 heteroatoms. The van der Waals surface area contributed by atoms with Crippen LogP contribution in [0.1, 0.15) is 305 Å². The van der Waals surface area contributed by atoms with E-state index in [4.69, 9.17) is 9.47 Å². The lowest BCUT2D eigenvalue weighted by Crippen LogP contribution is -2.23. The first-order chi connectivity index (χ1) is 28.6. The summed E-state index contributed by atoms with van der Waals surface area (Å²) in [5.74, 6) is -0.725. The minimum atomic E-state index is -0.362. The zero-order valence-electron chi connectivity index (χ0n) is 39.4. The number of hydrogen-bond acceptors (Lipinski definition) is 4. The van der Waals surface area contributed by atoms with Crippen molar-refractivity contribution in [2.75, 3.05) is 0 Å². The van der Waals surface area contributed by atoms with Gasteiger partial charge in [-0.2, -0.15) is 0 Å². The highest BCUT2D eigenvalue weighted by Gasteiger charge is 2.24. The quantitative estimate of drug-likeness (QED) is 0.0487. The lowest BCUT2D eigenvalue weighted by atomic mass is 10.0. The van der Waals surface area contributed by atoms with Crippen LogP contribution in [0.15, 0.2) is 24.3 Å². The number of esters is 2. The first-order valence-corrected chi connectivity index (χ1v) is 26.1. The topological polar surface area (TPSA) is 52.6 Å². The molecule has 2 atom stereocenters. The second-order valence-corrected chi connectivity index (χ2v) is 18.1. The van der Waals surface area contributed by atoms with Crippen molar-refractivity contribution in [1.29, 1.82) is 0 Å². The highest BCUT2D eigenvalue weighted by atomic mass is 16.5. The molecule has 0 aliphatic carbocycles. The van der Waals surface area contributed by atoms with Crippen molar-refractivity contribution < 1.29 is 19.1 Å². The van der Waals surface area contributed by atoms with Gasteiger partial charge < -0.3 is 9.47 Å². The van der Waals surface area contributed by atoms with Gasteiger partial charge in [0.2, 0.25) is 0 Å². The van der Waals surface area contributed by atoms with Gasteiger partial charge in [-0.3, -0.25) is 0 Å². The summed E-state index contributed by atoms with van der Waals surface area (Å²) in [6, 6.07) is 7.24. The van der Waals surface area contributed by atoms with Crippen molar-refractivity contribution in [2.45, 2.75) is 297 Å². The number of benzene rings is 1. The molecule has 0 aliphatic rings. The molecule has 0 saturated heterocycles. The predicted octanol–water partition coefficient (Wildman–Crippen LogP) is 18.4. The van der Waals surface area contributed by atoms with Crippen LogP contribution in [0.2, 0.25) is 0 Å². The normalized spacial score (nSPS) is 12.5. The Hall–Kier alpha value is -1.84. The second kappa shape index (κ2) is 41.9. The minimum absolute atomic E-state index is 0.100. The SMILES string of the molecule is CCCCCCCCCCCCC(CCCCCCCCCC)OC(=O)c1ccccc1C(=O)OC(CCCCCCCCCC)CCCCCCCCCCCC. The van der Waals surface area contributed by atoms with Crippen LogP contribution >= 0.6 is 0 Å². The smallest absolute Gasteiger partial charge is 0.339 e. The maximum atomic E-state index is 13.9. The number of ether oxygens (including phenoxy) is 2. The van der Waals surface area contributed by atoms with E-state index in [-0.39, 0.29) is 24.1 Å². The average molecular weight is 811 g/mol. The van der Waals surface area contributed by atoms with Crippen molar-refractivity contribution in [3.63, 3.8) is 0 Å². The molecule has 0 fully saturated rings.